The Balaban J connectivity index is 1.47. The van der Waals surface area contributed by atoms with Gasteiger partial charge in [-0.1, -0.05) is 5.16 Å². The summed E-state index contributed by atoms with van der Waals surface area (Å²) < 4.78 is 18.3. The first-order chi connectivity index (χ1) is 17.7. The molecular formula is C26H33FN6O4. The summed E-state index contributed by atoms with van der Waals surface area (Å²) in [6.45, 7) is 6.10. The van der Waals surface area contributed by atoms with E-state index < -0.39 is 24.2 Å². The fraction of sp³-hybridized carbons (Fsp3) is 0.462. The van der Waals surface area contributed by atoms with Gasteiger partial charge in [-0.05, 0) is 69.9 Å². The fourth-order valence-corrected chi connectivity index (χ4v) is 4.49. The number of aromatic amines is 1. The summed E-state index contributed by atoms with van der Waals surface area (Å²) in [6.07, 6.45) is 3.09. The maximum Gasteiger partial charge on any atom is 0.238 e. The van der Waals surface area contributed by atoms with Crippen LogP contribution in [0, 0.1) is 12.7 Å². The van der Waals surface area contributed by atoms with Crippen LogP contribution in [0.15, 0.2) is 41.1 Å². The molecule has 37 heavy (non-hydrogen) atoms. The molecule has 1 aliphatic heterocycles. The second-order valence-corrected chi connectivity index (χ2v) is 9.54. The van der Waals surface area contributed by atoms with Gasteiger partial charge in [0.05, 0.1) is 30.4 Å². The molecule has 4 N–H and O–H groups in total. The van der Waals surface area contributed by atoms with Crippen LogP contribution >= 0.6 is 0 Å². The number of amides is 2. The van der Waals surface area contributed by atoms with Gasteiger partial charge in [0.25, 0.3) is 0 Å². The molecule has 1 fully saturated rings. The van der Waals surface area contributed by atoms with E-state index in [1.54, 1.807) is 43.1 Å². The molecule has 4 atom stereocenters. The van der Waals surface area contributed by atoms with Crippen molar-refractivity contribution in [2.75, 3.05) is 6.54 Å². The number of aliphatic hydroxyl groups is 1. The van der Waals surface area contributed by atoms with E-state index in [-0.39, 0.29) is 29.9 Å². The second-order valence-electron chi connectivity index (χ2n) is 9.54. The number of hydrogen-bond donors (Lipinski definition) is 4. The minimum absolute atomic E-state index is 0.0972. The number of rotatable bonds is 9. The highest BCUT2D eigenvalue weighted by atomic mass is 19.1. The number of carbonyl (C=O) groups excluding carboxylic acids is 2. The largest absolute Gasteiger partial charge is 0.372 e. The smallest absolute Gasteiger partial charge is 0.238 e. The number of piperidine rings is 1. The quantitative estimate of drug-likeness (QED) is 0.323. The molecule has 0 spiro atoms. The third kappa shape index (κ3) is 6.60. The Morgan fingerprint density at radius 1 is 1.30 bits per heavy atom. The molecule has 0 saturated carbocycles. The standard InChI is InChI=1S/C26H33FN6O4/c1-15-6-4-5-11-33(15)23(34)13-20(31-26(36)21-12-16(2)37-32-21)25(35)29-17(3)24-28-14-22(30-24)18-7-9-19(27)10-8-18/h7-10,12,14-15,17,20,26,31,36H,4-6,11,13H2,1-3H3,(H,28,30)(H,29,35)/t15-,17-,20-,26?/m0/s1. The van der Waals surface area contributed by atoms with Crippen LogP contribution in [-0.4, -0.2) is 55.6 Å². The number of H-pyrrole nitrogens is 1. The lowest BCUT2D eigenvalue weighted by Gasteiger charge is -2.34. The van der Waals surface area contributed by atoms with E-state index in [0.717, 1.165) is 24.8 Å². The molecule has 3 heterocycles. The van der Waals surface area contributed by atoms with Crippen molar-refractivity contribution < 1.29 is 23.6 Å². The van der Waals surface area contributed by atoms with Gasteiger partial charge in [0, 0.05) is 18.7 Å². The Morgan fingerprint density at radius 2 is 2.05 bits per heavy atom. The van der Waals surface area contributed by atoms with Crippen molar-refractivity contribution in [1.82, 2.24) is 30.7 Å². The Kier molecular flexibility index (Phi) is 8.34. The van der Waals surface area contributed by atoms with Gasteiger partial charge in [0.1, 0.15) is 23.1 Å². The third-order valence-corrected chi connectivity index (χ3v) is 6.62. The maximum atomic E-state index is 13.3. The predicted molar refractivity (Wildman–Crippen MR) is 133 cm³/mol. The van der Waals surface area contributed by atoms with Crippen LogP contribution in [0.5, 0.6) is 0 Å². The van der Waals surface area contributed by atoms with Crippen LogP contribution in [0.25, 0.3) is 11.3 Å². The molecule has 1 saturated heterocycles. The van der Waals surface area contributed by atoms with E-state index in [1.165, 1.54) is 12.1 Å². The molecule has 198 valence electrons. The molecule has 1 aromatic carbocycles. The Hall–Kier alpha value is -3.57. The zero-order chi connectivity index (χ0) is 26.5. The number of nitrogens with one attached hydrogen (secondary N) is 3. The van der Waals surface area contributed by atoms with E-state index in [4.69, 9.17) is 4.52 Å². The highest BCUT2D eigenvalue weighted by Crippen LogP contribution is 2.21. The molecule has 3 aromatic rings. The van der Waals surface area contributed by atoms with E-state index >= 15 is 0 Å². The minimum atomic E-state index is -1.30. The van der Waals surface area contributed by atoms with Gasteiger partial charge in [-0.2, -0.15) is 0 Å². The molecular weight excluding hydrogens is 479 g/mol. The van der Waals surface area contributed by atoms with Crippen molar-refractivity contribution in [1.29, 1.82) is 0 Å². The first kappa shape index (κ1) is 26.5. The predicted octanol–water partition coefficient (Wildman–Crippen LogP) is 3.13. The van der Waals surface area contributed by atoms with E-state index in [0.29, 0.717) is 23.8 Å². The normalized spacial score (nSPS) is 18.3. The topological polar surface area (TPSA) is 136 Å². The average molecular weight is 513 g/mol. The van der Waals surface area contributed by atoms with Crippen LogP contribution in [0.4, 0.5) is 4.39 Å². The van der Waals surface area contributed by atoms with Gasteiger partial charge >= 0.3 is 0 Å². The van der Waals surface area contributed by atoms with Crippen molar-refractivity contribution in [3.8, 4) is 11.3 Å². The van der Waals surface area contributed by atoms with Crippen molar-refractivity contribution in [2.45, 2.75) is 70.8 Å². The maximum absolute atomic E-state index is 13.3. The third-order valence-electron chi connectivity index (χ3n) is 6.62. The van der Waals surface area contributed by atoms with Gasteiger partial charge in [0.2, 0.25) is 11.8 Å². The van der Waals surface area contributed by atoms with Crippen molar-refractivity contribution >= 4 is 11.8 Å². The lowest BCUT2D eigenvalue weighted by molar-refractivity contribution is -0.138. The monoisotopic (exact) mass is 512 g/mol. The van der Waals surface area contributed by atoms with Crippen molar-refractivity contribution in [2.24, 2.45) is 0 Å². The van der Waals surface area contributed by atoms with Gasteiger partial charge in [-0.3, -0.25) is 14.9 Å². The summed E-state index contributed by atoms with van der Waals surface area (Å²) >= 11 is 0. The van der Waals surface area contributed by atoms with Gasteiger partial charge in [-0.15, -0.1) is 0 Å². The van der Waals surface area contributed by atoms with Crippen LogP contribution in [-0.2, 0) is 9.59 Å². The molecule has 2 amide bonds. The summed E-state index contributed by atoms with van der Waals surface area (Å²) in [6, 6.07) is 6.10. The van der Waals surface area contributed by atoms with Crippen molar-refractivity contribution in [3.05, 3.63) is 59.6 Å². The Labute approximate surface area is 214 Å². The minimum Gasteiger partial charge on any atom is -0.372 e. The van der Waals surface area contributed by atoms with Crippen molar-refractivity contribution in [3.63, 3.8) is 0 Å². The molecule has 1 aliphatic rings. The first-order valence-electron chi connectivity index (χ1n) is 12.5. The number of hydrogen-bond acceptors (Lipinski definition) is 7. The summed E-state index contributed by atoms with van der Waals surface area (Å²) in [4.78, 5) is 35.8. The van der Waals surface area contributed by atoms with Crippen LogP contribution in [0.2, 0.25) is 0 Å². The molecule has 0 radical (unpaired) electrons. The molecule has 1 unspecified atom stereocenters. The molecule has 2 aromatic heterocycles. The number of nitrogens with zero attached hydrogens (tertiary/aromatic N) is 3. The highest BCUT2D eigenvalue weighted by molar-refractivity contribution is 5.88. The molecule has 0 bridgehead atoms. The number of aromatic nitrogens is 3. The van der Waals surface area contributed by atoms with E-state index in [9.17, 15) is 19.1 Å². The van der Waals surface area contributed by atoms with Gasteiger partial charge < -0.3 is 24.8 Å². The lowest BCUT2D eigenvalue weighted by Crippen LogP contribution is -2.51. The summed E-state index contributed by atoms with van der Waals surface area (Å²) in [5, 5.41) is 20.1. The van der Waals surface area contributed by atoms with Crippen LogP contribution < -0.4 is 10.6 Å². The van der Waals surface area contributed by atoms with Gasteiger partial charge in [0.15, 0.2) is 6.23 Å². The molecule has 10 nitrogen and oxygen atoms in total. The zero-order valence-corrected chi connectivity index (χ0v) is 21.2. The number of carbonyl (C=O) groups is 2. The number of imidazole rings is 1. The average Bonchev–Trinajstić information content (AvgIpc) is 3.54. The molecule has 0 aliphatic carbocycles. The first-order valence-corrected chi connectivity index (χ1v) is 12.5. The van der Waals surface area contributed by atoms with Gasteiger partial charge in [-0.25, -0.2) is 9.37 Å². The second kappa shape index (κ2) is 11.7. The van der Waals surface area contributed by atoms with E-state index in [1.807, 2.05) is 6.92 Å². The number of likely N-dealkylation sites (tertiary alicyclic amines) is 1. The SMILES string of the molecule is Cc1cc(C(O)N[C@@H](CC(=O)N2CCCC[C@@H]2C)C(=O)N[C@@H](C)c2ncc(-c3ccc(F)cc3)[nH]2)no1. The zero-order valence-electron chi connectivity index (χ0n) is 21.2. The summed E-state index contributed by atoms with van der Waals surface area (Å²) in [7, 11) is 0. The number of benzene rings is 1. The number of halogens is 1. The highest BCUT2D eigenvalue weighted by Gasteiger charge is 2.31. The molecule has 11 heteroatoms. The Bertz CT molecular complexity index is 1210. The summed E-state index contributed by atoms with van der Waals surface area (Å²) in [5.41, 5.74) is 1.65. The fourth-order valence-electron chi connectivity index (χ4n) is 4.49. The number of aryl methyl sites for hydroxylation is 1. The van der Waals surface area contributed by atoms with Crippen LogP contribution in [0.3, 0.4) is 0 Å². The lowest BCUT2D eigenvalue weighted by atomic mass is 10.0. The molecule has 4 rings (SSSR count). The number of aliphatic hydroxyl groups excluding tert-OH is 1. The van der Waals surface area contributed by atoms with Crippen LogP contribution in [0.1, 0.15) is 69.1 Å². The van der Waals surface area contributed by atoms with E-state index in [2.05, 4.69) is 25.8 Å². The summed E-state index contributed by atoms with van der Waals surface area (Å²) in [5.74, 6) is 0.0461. The Morgan fingerprint density at radius 3 is 2.73 bits per heavy atom.